The summed E-state index contributed by atoms with van der Waals surface area (Å²) in [5.41, 5.74) is 5.13. The maximum absolute atomic E-state index is 14.5. The molecule has 0 fully saturated rings. The number of nitrogen functional groups attached to an aromatic ring is 1. The summed E-state index contributed by atoms with van der Waals surface area (Å²) in [6.45, 7) is -0.0107. The van der Waals surface area contributed by atoms with Crippen LogP contribution in [0.3, 0.4) is 0 Å². The maximum Gasteiger partial charge on any atom is 0.333 e. The van der Waals surface area contributed by atoms with E-state index in [0.29, 0.717) is 5.69 Å². The molecule has 2 aromatic carbocycles. The van der Waals surface area contributed by atoms with Gasteiger partial charge in [-0.05, 0) is 36.4 Å². The molecule has 0 spiro atoms. The maximum atomic E-state index is 14.5. The average molecular weight is 472 g/mol. The van der Waals surface area contributed by atoms with Gasteiger partial charge in [-0.25, -0.2) is 23.1 Å². The van der Waals surface area contributed by atoms with Crippen molar-refractivity contribution in [2.75, 3.05) is 11.1 Å². The molecule has 4 aromatic rings. The molecule has 4 N–H and O–H groups in total. The van der Waals surface area contributed by atoms with Gasteiger partial charge in [0.05, 0.1) is 11.3 Å². The van der Waals surface area contributed by atoms with Crippen molar-refractivity contribution in [3.63, 3.8) is 0 Å². The molecular weight excluding hydrogens is 456 g/mol. The summed E-state index contributed by atoms with van der Waals surface area (Å²) in [4.78, 5) is 31.2. The Morgan fingerprint density at radius 3 is 2.58 bits per heavy atom. The second-order valence-corrected chi connectivity index (χ2v) is 7.22. The number of hydrogen-bond donors (Lipinski definition) is 3. The largest absolute Gasteiger partial charge is 0.453 e. The highest BCUT2D eigenvalue weighted by atomic mass is 35.5. The number of H-pyrrole nitrogens is 1. The van der Waals surface area contributed by atoms with Gasteiger partial charge in [0.15, 0.2) is 17.3 Å². The Labute approximate surface area is 190 Å². The van der Waals surface area contributed by atoms with E-state index in [1.807, 2.05) is 0 Å². The highest BCUT2D eigenvalue weighted by Gasteiger charge is 2.13. The number of nitrogens with one attached hydrogen (secondary N) is 2. The number of anilines is 2. The second kappa shape index (κ2) is 9.13. The summed E-state index contributed by atoms with van der Waals surface area (Å²) >= 11 is 6.01. The van der Waals surface area contributed by atoms with Gasteiger partial charge in [0, 0.05) is 36.8 Å². The van der Waals surface area contributed by atoms with E-state index in [2.05, 4.69) is 15.3 Å². The van der Waals surface area contributed by atoms with Gasteiger partial charge in [-0.1, -0.05) is 11.6 Å². The molecule has 0 aliphatic rings. The van der Waals surface area contributed by atoms with Crippen LogP contribution in [0.1, 0.15) is 5.56 Å². The fourth-order valence-corrected chi connectivity index (χ4v) is 3.14. The van der Waals surface area contributed by atoms with Crippen LogP contribution in [-0.4, -0.2) is 14.5 Å². The van der Waals surface area contributed by atoms with Gasteiger partial charge in [0.1, 0.15) is 16.7 Å². The van der Waals surface area contributed by atoms with Crippen LogP contribution in [0.15, 0.2) is 70.5 Å². The number of nitrogens with two attached hydrogens (primary N) is 1. The van der Waals surface area contributed by atoms with E-state index in [0.717, 1.165) is 16.7 Å². The number of ether oxygens (including phenoxy) is 1. The van der Waals surface area contributed by atoms with E-state index in [9.17, 15) is 18.4 Å². The van der Waals surface area contributed by atoms with E-state index in [1.165, 1.54) is 42.7 Å². The lowest BCUT2D eigenvalue weighted by atomic mass is 10.2. The van der Waals surface area contributed by atoms with Crippen molar-refractivity contribution in [3.8, 4) is 17.2 Å². The Hall–Kier alpha value is -4.18. The minimum Gasteiger partial charge on any atom is -0.453 e. The van der Waals surface area contributed by atoms with Crippen molar-refractivity contribution in [2.24, 2.45) is 0 Å². The smallest absolute Gasteiger partial charge is 0.333 e. The van der Waals surface area contributed by atoms with Crippen molar-refractivity contribution in [1.29, 1.82) is 0 Å². The van der Waals surface area contributed by atoms with Gasteiger partial charge in [0.25, 0.3) is 5.56 Å². The molecule has 0 aliphatic heterocycles. The SMILES string of the molecule is Nc1nccc(Oc2ccc(NCc3c[nH]c(=O)n(-c4ccc(F)cc4)c3=O)cc2F)c1Cl. The first-order valence-corrected chi connectivity index (χ1v) is 9.92. The summed E-state index contributed by atoms with van der Waals surface area (Å²) in [6, 6.07) is 10.5. The third-order valence-electron chi connectivity index (χ3n) is 4.65. The summed E-state index contributed by atoms with van der Waals surface area (Å²) in [5.74, 6) is -1.06. The number of aromatic nitrogens is 3. The number of halogens is 3. The van der Waals surface area contributed by atoms with Gasteiger partial charge >= 0.3 is 5.69 Å². The van der Waals surface area contributed by atoms with Crippen molar-refractivity contribution in [2.45, 2.75) is 6.54 Å². The number of hydrogen-bond acceptors (Lipinski definition) is 6. The zero-order valence-electron chi connectivity index (χ0n) is 16.8. The standard InChI is InChI=1S/C22H16ClF2N5O3/c23-19-18(7-8-27-20(19)26)33-17-6-3-14(9-16(17)25)28-10-12-11-29-22(32)30(21(12)31)15-4-1-13(24)2-5-15/h1-9,11,28H,10H2,(H2,26,27)(H,29,32). The minimum absolute atomic E-state index is 0.0107. The first-order valence-electron chi connectivity index (χ1n) is 9.54. The molecule has 11 heteroatoms. The highest BCUT2D eigenvalue weighted by Crippen LogP contribution is 2.33. The number of nitrogens with zero attached hydrogens (tertiary/aromatic N) is 2. The number of pyridine rings is 1. The molecule has 33 heavy (non-hydrogen) atoms. The number of benzene rings is 2. The van der Waals surface area contributed by atoms with E-state index in [4.69, 9.17) is 22.1 Å². The fraction of sp³-hybridized carbons (Fsp3) is 0.0455. The third-order valence-corrected chi connectivity index (χ3v) is 5.03. The van der Waals surface area contributed by atoms with Gasteiger partial charge in [-0.15, -0.1) is 0 Å². The van der Waals surface area contributed by atoms with Crippen molar-refractivity contribution < 1.29 is 13.5 Å². The monoisotopic (exact) mass is 471 g/mol. The van der Waals surface area contributed by atoms with Gasteiger partial charge in [-0.2, -0.15) is 0 Å². The van der Waals surface area contributed by atoms with Crippen molar-refractivity contribution >= 4 is 23.1 Å². The quantitative estimate of drug-likeness (QED) is 0.393. The molecule has 2 heterocycles. The summed E-state index contributed by atoms with van der Waals surface area (Å²) in [5, 5.41) is 2.98. The lowest BCUT2D eigenvalue weighted by Crippen LogP contribution is -2.36. The van der Waals surface area contributed by atoms with Crippen LogP contribution in [0.4, 0.5) is 20.3 Å². The van der Waals surface area contributed by atoms with Crippen LogP contribution < -0.4 is 27.0 Å². The molecule has 4 rings (SSSR count). The molecule has 168 valence electrons. The Morgan fingerprint density at radius 2 is 1.85 bits per heavy atom. The number of rotatable bonds is 6. The molecule has 0 saturated heterocycles. The molecular formula is C22H16ClF2N5O3. The topological polar surface area (TPSA) is 115 Å². The van der Waals surface area contributed by atoms with E-state index in [1.54, 1.807) is 6.07 Å². The Morgan fingerprint density at radius 1 is 1.09 bits per heavy atom. The predicted molar refractivity (Wildman–Crippen MR) is 120 cm³/mol. The molecule has 8 nitrogen and oxygen atoms in total. The van der Waals surface area contributed by atoms with E-state index >= 15 is 0 Å². The average Bonchev–Trinajstić information content (AvgIpc) is 2.79. The zero-order chi connectivity index (χ0) is 23.5. The Bertz CT molecular complexity index is 1440. The normalized spacial score (nSPS) is 10.8. The lowest BCUT2D eigenvalue weighted by molar-refractivity contribution is 0.442. The summed E-state index contributed by atoms with van der Waals surface area (Å²) in [6.07, 6.45) is 2.65. The lowest BCUT2D eigenvalue weighted by Gasteiger charge is -2.12. The van der Waals surface area contributed by atoms with Gasteiger partial charge in [-0.3, -0.25) is 4.79 Å². The Balaban J connectivity index is 1.53. The van der Waals surface area contributed by atoms with Crippen LogP contribution in [0, 0.1) is 11.6 Å². The molecule has 0 amide bonds. The zero-order valence-corrected chi connectivity index (χ0v) is 17.6. The van der Waals surface area contributed by atoms with Crippen LogP contribution in [0.25, 0.3) is 5.69 Å². The van der Waals surface area contributed by atoms with Gasteiger partial charge < -0.3 is 20.8 Å². The molecule has 0 radical (unpaired) electrons. The third kappa shape index (κ3) is 4.70. The van der Waals surface area contributed by atoms with Crippen LogP contribution in [0.5, 0.6) is 11.5 Å². The molecule has 2 aromatic heterocycles. The van der Waals surface area contributed by atoms with Crippen molar-refractivity contribution in [3.05, 3.63) is 104 Å². The first kappa shape index (κ1) is 22.0. The fourth-order valence-electron chi connectivity index (χ4n) is 2.99. The van der Waals surface area contributed by atoms with Crippen LogP contribution in [0.2, 0.25) is 5.02 Å². The molecule has 0 unspecified atom stereocenters. The van der Waals surface area contributed by atoms with Crippen LogP contribution >= 0.6 is 11.6 Å². The van der Waals surface area contributed by atoms with E-state index in [-0.39, 0.29) is 40.1 Å². The predicted octanol–water partition coefficient (Wildman–Crippen LogP) is 3.84. The Kier molecular flexibility index (Phi) is 6.09. The first-order chi connectivity index (χ1) is 15.8. The molecule has 0 aliphatic carbocycles. The van der Waals surface area contributed by atoms with Crippen LogP contribution in [-0.2, 0) is 6.54 Å². The molecule has 0 atom stereocenters. The number of aromatic amines is 1. The second-order valence-electron chi connectivity index (χ2n) is 6.85. The highest BCUT2D eigenvalue weighted by molar-refractivity contribution is 6.34. The minimum atomic E-state index is -0.684. The summed E-state index contributed by atoms with van der Waals surface area (Å²) in [7, 11) is 0. The van der Waals surface area contributed by atoms with E-state index < -0.39 is 22.9 Å². The molecule has 0 bridgehead atoms. The van der Waals surface area contributed by atoms with Crippen molar-refractivity contribution in [1.82, 2.24) is 14.5 Å². The van der Waals surface area contributed by atoms with Gasteiger partial charge in [0.2, 0.25) is 0 Å². The summed E-state index contributed by atoms with van der Waals surface area (Å²) < 4.78 is 34.1. The molecule has 0 saturated carbocycles.